The number of carboxylic acid groups (broad SMARTS) is 1. The summed E-state index contributed by atoms with van der Waals surface area (Å²) in [4.78, 5) is 26.1. The monoisotopic (exact) mass is 287 g/mol. The van der Waals surface area contributed by atoms with Gasteiger partial charge in [0.25, 0.3) is 0 Å². The highest BCUT2D eigenvalue weighted by Gasteiger charge is 2.19. The fourth-order valence-electron chi connectivity index (χ4n) is 1.12. The topological polar surface area (TPSA) is 76.5 Å². The van der Waals surface area contributed by atoms with E-state index in [0.717, 1.165) is 0 Å². The summed E-state index contributed by atoms with van der Waals surface area (Å²) in [6.45, 7) is 1.84. The molecule has 0 aromatic carbocycles. The van der Waals surface area contributed by atoms with Gasteiger partial charge in [-0.2, -0.15) is 0 Å². The Hall–Kier alpha value is -1.43. The average molecular weight is 288 g/mol. The van der Waals surface area contributed by atoms with Crippen LogP contribution in [0.15, 0.2) is 12.3 Å². The number of aromatic nitrogens is 1. The van der Waals surface area contributed by atoms with Gasteiger partial charge in [-0.3, -0.25) is 0 Å². The van der Waals surface area contributed by atoms with Crippen LogP contribution < -0.4 is 0 Å². The maximum absolute atomic E-state index is 11.5. The van der Waals surface area contributed by atoms with Crippen molar-refractivity contribution in [3.05, 3.63) is 29.1 Å². The SMILES string of the molecule is CCOC(=O)c1cc(CBr)cnc1C(=O)O. The molecule has 0 saturated carbocycles. The Labute approximate surface area is 101 Å². The minimum Gasteiger partial charge on any atom is -0.476 e. The third kappa shape index (κ3) is 2.79. The first-order valence-corrected chi connectivity index (χ1v) is 5.67. The molecule has 0 atom stereocenters. The van der Waals surface area contributed by atoms with E-state index in [1.165, 1.54) is 12.3 Å². The molecule has 0 radical (unpaired) electrons. The number of carbonyl (C=O) groups excluding carboxylic acids is 1. The van der Waals surface area contributed by atoms with Gasteiger partial charge in [0.05, 0.1) is 12.2 Å². The number of ether oxygens (including phenoxy) is 1. The molecule has 1 rings (SSSR count). The van der Waals surface area contributed by atoms with Crippen LogP contribution in [0.25, 0.3) is 0 Å². The highest BCUT2D eigenvalue weighted by atomic mass is 79.9. The molecule has 1 aromatic rings. The molecule has 1 aromatic heterocycles. The molecule has 86 valence electrons. The van der Waals surface area contributed by atoms with E-state index >= 15 is 0 Å². The van der Waals surface area contributed by atoms with Crippen molar-refractivity contribution in [1.29, 1.82) is 0 Å². The molecule has 0 saturated heterocycles. The summed E-state index contributed by atoms with van der Waals surface area (Å²) in [7, 11) is 0. The number of esters is 1. The standard InChI is InChI=1S/C10H10BrNO4/c1-2-16-10(15)7-3-6(4-11)5-12-8(7)9(13)14/h3,5H,2,4H2,1H3,(H,13,14). The van der Waals surface area contributed by atoms with E-state index in [4.69, 9.17) is 9.84 Å². The molecule has 0 aliphatic rings. The summed E-state index contributed by atoms with van der Waals surface area (Å²) < 4.78 is 4.76. The van der Waals surface area contributed by atoms with Crippen LogP contribution in [-0.4, -0.2) is 28.6 Å². The smallest absolute Gasteiger partial charge is 0.355 e. The van der Waals surface area contributed by atoms with Crippen LogP contribution in [0.2, 0.25) is 0 Å². The van der Waals surface area contributed by atoms with Crippen molar-refractivity contribution < 1.29 is 19.4 Å². The lowest BCUT2D eigenvalue weighted by atomic mass is 10.1. The normalized spacial score (nSPS) is 9.88. The predicted octanol–water partition coefficient (Wildman–Crippen LogP) is 1.85. The zero-order valence-corrected chi connectivity index (χ0v) is 10.2. The van der Waals surface area contributed by atoms with Gasteiger partial charge in [-0.15, -0.1) is 0 Å². The molecule has 0 spiro atoms. The molecular formula is C10H10BrNO4. The third-order valence-corrected chi connectivity index (χ3v) is 2.44. The molecule has 5 nitrogen and oxygen atoms in total. The van der Waals surface area contributed by atoms with Gasteiger partial charge in [0.2, 0.25) is 0 Å². The van der Waals surface area contributed by atoms with Gasteiger partial charge in [-0.05, 0) is 18.6 Å². The molecular weight excluding hydrogens is 278 g/mol. The molecule has 0 fully saturated rings. The van der Waals surface area contributed by atoms with E-state index in [1.807, 2.05) is 0 Å². The van der Waals surface area contributed by atoms with Crippen LogP contribution in [0.3, 0.4) is 0 Å². The van der Waals surface area contributed by atoms with Crippen molar-refractivity contribution in [2.75, 3.05) is 6.61 Å². The lowest BCUT2D eigenvalue weighted by Crippen LogP contribution is -2.14. The first-order valence-electron chi connectivity index (χ1n) is 4.55. The fourth-order valence-corrected chi connectivity index (χ4v) is 1.42. The third-order valence-electron chi connectivity index (χ3n) is 1.80. The summed E-state index contributed by atoms with van der Waals surface area (Å²) in [5.41, 5.74) is 0.405. The van der Waals surface area contributed by atoms with Gasteiger partial charge in [0.15, 0.2) is 5.69 Å². The summed E-state index contributed by atoms with van der Waals surface area (Å²) in [6, 6.07) is 1.46. The zero-order valence-electron chi connectivity index (χ0n) is 8.57. The number of rotatable bonds is 4. The quantitative estimate of drug-likeness (QED) is 0.676. The van der Waals surface area contributed by atoms with Crippen LogP contribution in [0.4, 0.5) is 0 Å². The van der Waals surface area contributed by atoms with E-state index in [9.17, 15) is 9.59 Å². The lowest BCUT2D eigenvalue weighted by molar-refractivity contribution is 0.0512. The second-order valence-electron chi connectivity index (χ2n) is 2.90. The molecule has 6 heteroatoms. The first-order chi connectivity index (χ1) is 7.60. The maximum atomic E-state index is 11.5. The van der Waals surface area contributed by atoms with Gasteiger partial charge >= 0.3 is 11.9 Å². The Balaban J connectivity index is 3.20. The van der Waals surface area contributed by atoms with Gasteiger partial charge in [-0.25, -0.2) is 14.6 Å². The average Bonchev–Trinajstić information content (AvgIpc) is 2.28. The van der Waals surface area contributed by atoms with E-state index in [1.54, 1.807) is 6.92 Å². The van der Waals surface area contributed by atoms with Crippen molar-refractivity contribution >= 4 is 27.9 Å². The molecule has 0 bridgehead atoms. The van der Waals surface area contributed by atoms with Crippen LogP contribution in [-0.2, 0) is 10.1 Å². The molecule has 0 amide bonds. The van der Waals surface area contributed by atoms with Crippen molar-refractivity contribution in [2.45, 2.75) is 12.3 Å². The van der Waals surface area contributed by atoms with E-state index < -0.39 is 11.9 Å². The van der Waals surface area contributed by atoms with Gasteiger partial charge < -0.3 is 9.84 Å². The van der Waals surface area contributed by atoms with Gasteiger partial charge in [-0.1, -0.05) is 15.9 Å². The Bertz CT molecular complexity index is 419. The Morgan fingerprint density at radius 1 is 1.56 bits per heavy atom. The largest absolute Gasteiger partial charge is 0.476 e. The number of aromatic carboxylic acids is 1. The van der Waals surface area contributed by atoms with Crippen molar-refractivity contribution in [3.63, 3.8) is 0 Å². The maximum Gasteiger partial charge on any atom is 0.355 e. The second-order valence-corrected chi connectivity index (χ2v) is 3.46. The van der Waals surface area contributed by atoms with Crippen LogP contribution in [0, 0.1) is 0 Å². The van der Waals surface area contributed by atoms with Crippen LogP contribution in [0.1, 0.15) is 33.3 Å². The summed E-state index contributed by atoms with van der Waals surface area (Å²) in [5.74, 6) is -1.92. The summed E-state index contributed by atoms with van der Waals surface area (Å²) in [6.07, 6.45) is 1.40. The number of hydrogen-bond acceptors (Lipinski definition) is 4. The summed E-state index contributed by atoms with van der Waals surface area (Å²) >= 11 is 3.20. The van der Waals surface area contributed by atoms with Crippen molar-refractivity contribution in [2.24, 2.45) is 0 Å². The van der Waals surface area contributed by atoms with Crippen molar-refractivity contribution in [1.82, 2.24) is 4.98 Å². The Morgan fingerprint density at radius 3 is 2.75 bits per heavy atom. The number of pyridine rings is 1. The number of alkyl halides is 1. The van der Waals surface area contributed by atoms with E-state index in [0.29, 0.717) is 10.9 Å². The Kier molecular flexibility index (Phi) is 4.42. The predicted molar refractivity (Wildman–Crippen MR) is 59.8 cm³/mol. The van der Waals surface area contributed by atoms with E-state index in [2.05, 4.69) is 20.9 Å². The second kappa shape index (κ2) is 5.60. The number of halogens is 1. The Morgan fingerprint density at radius 2 is 2.25 bits per heavy atom. The number of hydrogen-bond donors (Lipinski definition) is 1. The molecule has 0 aliphatic carbocycles. The minimum absolute atomic E-state index is 0.0219. The van der Waals surface area contributed by atoms with Crippen LogP contribution in [0.5, 0.6) is 0 Å². The first kappa shape index (κ1) is 12.6. The van der Waals surface area contributed by atoms with Gasteiger partial charge in [0.1, 0.15) is 0 Å². The fraction of sp³-hybridized carbons (Fsp3) is 0.300. The zero-order chi connectivity index (χ0) is 12.1. The molecule has 0 unspecified atom stereocenters. The highest BCUT2D eigenvalue weighted by molar-refractivity contribution is 9.08. The number of nitrogens with zero attached hydrogens (tertiary/aromatic N) is 1. The molecule has 16 heavy (non-hydrogen) atoms. The van der Waals surface area contributed by atoms with Gasteiger partial charge in [0, 0.05) is 11.5 Å². The summed E-state index contributed by atoms with van der Waals surface area (Å²) in [5, 5.41) is 9.36. The highest BCUT2D eigenvalue weighted by Crippen LogP contribution is 2.13. The van der Waals surface area contributed by atoms with E-state index in [-0.39, 0.29) is 17.9 Å². The molecule has 1 N–H and O–H groups in total. The lowest BCUT2D eigenvalue weighted by Gasteiger charge is -2.06. The van der Waals surface area contributed by atoms with Crippen molar-refractivity contribution in [3.8, 4) is 0 Å². The minimum atomic E-state index is -1.25. The molecule has 0 aliphatic heterocycles. The molecule has 1 heterocycles. The van der Waals surface area contributed by atoms with Crippen LogP contribution >= 0.6 is 15.9 Å². The number of carboxylic acids is 1. The number of carbonyl (C=O) groups is 2.